The first-order valence-electron chi connectivity index (χ1n) is 13.5. The topological polar surface area (TPSA) is 40.0 Å². The number of nitrogens with one attached hydrogen (secondary N) is 1. The molecule has 0 aliphatic carbocycles. The maximum atomic E-state index is 14.7. The maximum Gasteiger partial charge on any atom is 0.127 e. The van der Waals surface area contributed by atoms with E-state index in [0.717, 1.165) is 86.6 Å². The van der Waals surface area contributed by atoms with Gasteiger partial charge in [0.25, 0.3) is 0 Å². The van der Waals surface area contributed by atoms with Crippen molar-refractivity contribution in [3.8, 4) is 0 Å². The summed E-state index contributed by atoms with van der Waals surface area (Å²) in [6, 6.07) is 5.79. The standard InChI is InChI=1S/C30H47FN4/c1-6-25(20-33-5)21-34-17-15-27(14-16-32-4)10-8-9-11-28-12-13-29(30(31)19-28)18-24(3)35-22-26(7-2)23-35/h12-13,19-21,26-27,32H,3,5-11,14-18,22-23H2,1-2,4H3/b25-20-,34-21-. The molecule has 1 aromatic rings. The zero-order chi connectivity index (χ0) is 25.5. The molecular formula is C30H47FN4. The number of allylic oxidation sites excluding steroid dienone is 2. The van der Waals surface area contributed by atoms with Gasteiger partial charge in [-0.3, -0.25) is 9.98 Å². The normalized spacial score (nSPS) is 15.4. The second-order valence-corrected chi connectivity index (χ2v) is 9.92. The molecule has 5 heteroatoms. The molecule has 0 amide bonds. The van der Waals surface area contributed by atoms with Crippen molar-refractivity contribution in [3.05, 3.63) is 59.2 Å². The van der Waals surface area contributed by atoms with Crippen molar-refractivity contribution in [2.45, 2.75) is 71.6 Å². The third-order valence-electron chi connectivity index (χ3n) is 7.21. The number of benzene rings is 1. The summed E-state index contributed by atoms with van der Waals surface area (Å²) in [4.78, 5) is 10.7. The fraction of sp³-hybridized carbons (Fsp3) is 0.600. The van der Waals surface area contributed by atoms with E-state index in [4.69, 9.17) is 0 Å². The molecule has 0 aromatic heterocycles. The number of aliphatic imine (C=N–C) groups is 2. The number of aryl methyl sites for hydroxylation is 1. The van der Waals surface area contributed by atoms with Crippen molar-refractivity contribution in [1.29, 1.82) is 0 Å². The van der Waals surface area contributed by atoms with Crippen LogP contribution in [0, 0.1) is 17.7 Å². The highest BCUT2D eigenvalue weighted by molar-refractivity contribution is 5.78. The van der Waals surface area contributed by atoms with Crippen molar-refractivity contribution < 1.29 is 4.39 Å². The van der Waals surface area contributed by atoms with Gasteiger partial charge >= 0.3 is 0 Å². The molecule has 0 bridgehead atoms. The van der Waals surface area contributed by atoms with E-state index in [-0.39, 0.29) is 5.82 Å². The maximum absolute atomic E-state index is 14.7. The molecule has 0 saturated carbocycles. The lowest BCUT2D eigenvalue weighted by Crippen LogP contribution is -2.45. The Hall–Kier alpha value is -2.27. The highest BCUT2D eigenvalue weighted by atomic mass is 19.1. The molecule has 1 heterocycles. The van der Waals surface area contributed by atoms with Crippen molar-refractivity contribution in [2.75, 3.05) is 33.2 Å². The summed E-state index contributed by atoms with van der Waals surface area (Å²) in [6.07, 6.45) is 13.1. The fourth-order valence-electron chi connectivity index (χ4n) is 4.62. The molecule has 1 aromatic carbocycles. The van der Waals surface area contributed by atoms with E-state index < -0.39 is 0 Å². The predicted octanol–water partition coefficient (Wildman–Crippen LogP) is 6.62. The van der Waals surface area contributed by atoms with Gasteiger partial charge in [0.1, 0.15) is 5.82 Å². The lowest BCUT2D eigenvalue weighted by atomic mass is 9.93. The van der Waals surface area contributed by atoms with Gasteiger partial charge in [0.15, 0.2) is 0 Å². The monoisotopic (exact) mass is 482 g/mol. The molecule has 1 saturated heterocycles. The summed E-state index contributed by atoms with van der Waals surface area (Å²) < 4.78 is 14.7. The Labute approximate surface area is 213 Å². The van der Waals surface area contributed by atoms with Crippen LogP contribution in [-0.2, 0) is 12.8 Å². The Morgan fingerprint density at radius 2 is 2.03 bits per heavy atom. The molecular weight excluding hydrogens is 435 g/mol. The minimum Gasteiger partial charge on any atom is -0.374 e. The van der Waals surface area contributed by atoms with E-state index in [1.54, 1.807) is 12.3 Å². The largest absolute Gasteiger partial charge is 0.374 e. The summed E-state index contributed by atoms with van der Waals surface area (Å²) in [6.45, 7) is 16.0. The Bertz CT molecular complexity index is 839. The number of hydrogen-bond donors (Lipinski definition) is 1. The summed E-state index contributed by atoms with van der Waals surface area (Å²) >= 11 is 0. The van der Waals surface area contributed by atoms with Gasteiger partial charge in [-0.2, -0.15) is 0 Å². The lowest BCUT2D eigenvalue weighted by molar-refractivity contribution is 0.137. The van der Waals surface area contributed by atoms with Crippen molar-refractivity contribution >= 4 is 12.9 Å². The molecule has 0 spiro atoms. The third kappa shape index (κ3) is 10.5. The van der Waals surface area contributed by atoms with E-state index >= 15 is 0 Å². The molecule has 1 unspecified atom stereocenters. The Kier molecular flexibility index (Phi) is 13.6. The second-order valence-electron chi connectivity index (χ2n) is 9.92. The minimum atomic E-state index is -0.0897. The highest BCUT2D eigenvalue weighted by Gasteiger charge is 2.26. The van der Waals surface area contributed by atoms with Gasteiger partial charge in [-0.1, -0.05) is 45.4 Å². The minimum absolute atomic E-state index is 0.0897. The quantitative estimate of drug-likeness (QED) is 0.189. The molecule has 1 N–H and O–H groups in total. The molecule has 0 radical (unpaired) electrons. The Morgan fingerprint density at radius 3 is 2.69 bits per heavy atom. The summed E-state index contributed by atoms with van der Waals surface area (Å²) in [5.41, 5.74) is 4.01. The van der Waals surface area contributed by atoms with Gasteiger partial charge in [-0.05, 0) is 93.4 Å². The van der Waals surface area contributed by atoms with Crippen LogP contribution >= 0.6 is 0 Å². The van der Waals surface area contributed by atoms with Crippen LogP contribution in [0.1, 0.15) is 69.9 Å². The van der Waals surface area contributed by atoms with Gasteiger partial charge in [-0.25, -0.2) is 4.39 Å². The highest BCUT2D eigenvalue weighted by Crippen LogP contribution is 2.25. The number of halogens is 1. The SMILES string of the molecule is C=N/C=C(\C=N/CCC(CCCCc1ccc(CC(=C)N2CC(CC)C2)c(F)c1)CCNC)CC. The number of hydrogen-bond acceptors (Lipinski definition) is 4. The van der Waals surface area contributed by atoms with Gasteiger partial charge < -0.3 is 10.2 Å². The number of rotatable bonds is 18. The Morgan fingerprint density at radius 1 is 1.23 bits per heavy atom. The van der Waals surface area contributed by atoms with Crippen LogP contribution in [-0.4, -0.2) is 51.1 Å². The van der Waals surface area contributed by atoms with E-state index in [9.17, 15) is 4.39 Å². The van der Waals surface area contributed by atoms with Crippen LogP contribution in [0.25, 0.3) is 0 Å². The fourth-order valence-corrected chi connectivity index (χ4v) is 4.62. The van der Waals surface area contributed by atoms with Gasteiger partial charge in [0.2, 0.25) is 0 Å². The van der Waals surface area contributed by atoms with Crippen LogP contribution < -0.4 is 5.32 Å². The molecule has 1 aliphatic rings. The van der Waals surface area contributed by atoms with E-state index in [0.29, 0.717) is 12.3 Å². The van der Waals surface area contributed by atoms with Crippen LogP contribution in [0.15, 0.2) is 52.2 Å². The van der Waals surface area contributed by atoms with Gasteiger partial charge in [-0.15, -0.1) is 0 Å². The van der Waals surface area contributed by atoms with Crippen molar-refractivity contribution in [2.24, 2.45) is 21.8 Å². The van der Waals surface area contributed by atoms with Gasteiger partial charge in [0.05, 0.1) is 0 Å². The zero-order valence-corrected chi connectivity index (χ0v) is 22.4. The predicted molar refractivity (Wildman–Crippen MR) is 150 cm³/mol. The summed E-state index contributed by atoms with van der Waals surface area (Å²) in [7, 11) is 2.01. The molecule has 194 valence electrons. The smallest absolute Gasteiger partial charge is 0.127 e. The van der Waals surface area contributed by atoms with E-state index in [1.807, 2.05) is 19.3 Å². The second kappa shape index (κ2) is 16.4. The van der Waals surface area contributed by atoms with Gasteiger partial charge in [0, 0.05) is 44.2 Å². The van der Waals surface area contributed by atoms with Crippen molar-refractivity contribution in [3.63, 3.8) is 0 Å². The number of nitrogens with zero attached hydrogens (tertiary/aromatic N) is 3. The molecule has 4 nitrogen and oxygen atoms in total. The molecule has 35 heavy (non-hydrogen) atoms. The van der Waals surface area contributed by atoms with Crippen molar-refractivity contribution in [1.82, 2.24) is 10.2 Å². The molecule has 1 atom stereocenters. The van der Waals surface area contributed by atoms with Crippen LogP contribution in [0.3, 0.4) is 0 Å². The first-order valence-corrected chi connectivity index (χ1v) is 13.5. The first kappa shape index (κ1) is 29.0. The first-order chi connectivity index (χ1) is 17.0. The average molecular weight is 483 g/mol. The number of unbranched alkanes of at least 4 members (excludes halogenated alkanes) is 1. The molecule has 2 rings (SSSR count). The molecule has 1 fully saturated rings. The number of likely N-dealkylation sites (tertiary alicyclic amines) is 1. The summed E-state index contributed by atoms with van der Waals surface area (Å²) in [5, 5.41) is 3.28. The Balaban J connectivity index is 1.74. The van der Waals surface area contributed by atoms with Crippen LogP contribution in [0.4, 0.5) is 4.39 Å². The molecule has 1 aliphatic heterocycles. The summed E-state index contributed by atoms with van der Waals surface area (Å²) in [5.74, 6) is 1.34. The van der Waals surface area contributed by atoms with Crippen LogP contribution in [0.2, 0.25) is 0 Å². The van der Waals surface area contributed by atoms with E-state index in [1.165, 1.54) is 19.3 Å². The third-order valence-corrected chi connectivity index (χ3v) is 7.21. The zero-order valence-electron chi connectivity index (χ0n) is 22.4. The lowest BCUT2D eigenvalue weighted by Gasteiger charge is -2.42. The average Bonchev–Trinajstić information content (AvgIpc) is 2.82. The van der Waals surface area contributed by atoms with Crippen LogP contribution in [0.5, 0.6) is 0 Å². The van der Waals surface area contributed by atoms with E-state index in [2.05, 4.69) is 53.4 Å².